The van der Waals surface area contributed by atoms with Crippen LogP contribution in [0, 0.1) is 0 Å². The summed E-state index contributed by atoms with van der Waals surface area (Å²) >= 11 is 0. The molecule has 66 valence electrons. The van der Waals surface area contributed by atoms with E-state index in [-0.39, 0.29) is 6.61 Å². The van der Waals surface area contributed by atoms with Gasteiger partial charge in [-0.15, -0.1) is 0 Å². The first-order chi connectivity index (χ1) is 5.86. The molecule has 2 heteroatoms. The third-order valence-corrected chi connectivity index (χ3v) is 1.86. The molecule has 0 atom stereocenters. The van der Waals surface area contributed by atoms with E-state index in [0.29, 0.717) is 6.54 Å². The maximum atomic E-state index is 8.92. The second-order valence-electron chi connectivity index (χ2n) is 2.87. The lowest BCUT2D eigenvalue weighted by atomic mass is 10.1. The Morgan fingerprint density at radius 3 is 3.00 bits per heavy atom. The molecule has 3 N–H and O–H groups in total. The Kier molecular flexibility index (Phi) is 3.77. The van der Waals surface area contributed by atoms with Crippen LogP contribution in [0.3, 0.4) is 0 Å². The molecular weight excluding hydrogens is 150 g/mol. The van der Waals surface area contributed by atoms with Crippen LogP contribution < -0.4 is 5.73 Å². The van der Waals surface area contributed by atoms with Gasteiger partial charge in [0.15, 0.2) is 0 Å². The summed E-state index contributed by atoms with van der Waals surface area (Å²) in [6.07, 6.45) is 9.91. The summed E-state index contributed by atoms with van der Waals surface area (Å²) in [6.45, 7) is 0.788. The molecule has 0 heterocycles. The molecule has 1 aliphatic carbocycles. The first-order valence-electron chi connectivity index (χ1n) is 4.23. The van der Waals surface area contributed by atoms with E-state index in [2.05, 4.69) is 6.08 Å². The highest BCUT2D eigenvalue weighted by Gasteiger charge is 1.98. The van der Waals surface area contributed by atoms with Crippen molar-refractivity contribution in [2.45, 2.75) is 12.8 Å². The van der Waals surface area contributed by atoms with E-state index in [1.807, 2.05) is 18.2 Å². The first kappa shape index (κ1) is 9.23. The van der Waals surface area contributed by atoms with Crippen LogP contribution in [-0.2, 0) is 0 Å². The minimum absolute atomic E-state index is 0.110. The maximum absolute atomic E-state index is 8.92. The molecule has 0 saturated heterocycles. The van der Waals surface area contributed by atoms with Crippen molar-refractivity contribution in [2.75, 3.05) is 13.2 Å². The Morgan fingerprint density at radius 2 is 2.33 bits per heavy atom. The van der Waals surface area contributed by atoms with Gasteiger partial charge in [0.25, 0.3) is 0 Å². The summed E-state index contributed by atoms with van der Waals surface area (Å²) in [4.78, 5) is 0. The van der Waals surface area contributed by atoms with E-state index in [9.17, 15) is 0 Å². The highest BCUT2D eigenvalue weighted by Crippen LogP contribution is 2.14. The predicted molar refractivity (Wildman–Crippen MR) is 50.7 cm³/mol. The van der Waals surface area contributed by atoms with Gasteiger partial charge < -0.3 is 10.8 Å². The molecule has 0 saturated carbocycles. The van der Waals surface area contributed by atoms with Crippen LogP contribution in [0.4, 0.5) is 0 Å². The second-order valence-corrected chi connectivity index (χ2v) is 2.87. The van der Waals surface area contributed by atoms with E-state index in [4.69, 9.17) is 10.8 Å². The van der Waals surface area contributed by atoms with E-state index in [0.717, 1.165) is 18.4 Å². The van der Waals surface area contributed by atoms with Gasteiger partial charge in [0.2, 0.25) is 0 Å². The second kappa shape index (κ2) is 4.91. The van der Waals surface area contributed by atoms with Crippen molar-refractivity contribution in [3.8, 4) is 0 Å². The summed E-state index contributed by atoms with van der Waals surface area (Å²) in [5.41, 5.74) is 7.71. The maximum Gasteiger partial charge on any atom is 0.0681 e. The molecule has 0 fully saturated rings. The Hall–Kier alpha value is -0.860. The summed E-state index contributed by atoms with van der Waals surface area (Å²) in [5, 5.41) is 8.92. The standard InChI is InChI=1S/C10H15NO/c11-6-5-9-3-1-2-4-10(7-9)8-12/h1-2,4,7,12H,3,5-6,8,11H2. The van der Waals surface area contributed by atoms with E-state index in [1.165, 1.54) is 5.57 Å². The van der Waals surface area contributed by atoms with Gasteiger partial charge in [-0.05, 0) is 25.0 Å². The molecule has 0 unspecified atom stereocenters. The monoisotopic (exact) mass is 165 g/mol. The average Bonchev–Trinajstić information content (AvgIpc) is 2.30. The molecule has 0 amide bonds. The lowest BCUT2D eigenvalue weighted by Crippen LogP contribution is -2.00. The summed E-state index contributed by atoms with van der Waals surface area (Å²) in [7, 11) is 0. The fraction of sp³-hybridized carbons (Fsp3) is 0.400. The van der Waals surface area contributed by atoms with E-state index in [1.54, 1.807) is 0 Å². The number of allylic oxidation sites excluding steroid dienone is 3. The highest BCUT2D eigenvalue weighted by atomic mass is 16.3. The van der Waals surface area contributed by atoms with Crippen LogP contribution in [0.2, 0.25) is 0 Å². The van der Waals surface area contributed by atoms with Crippen LogP contribution in [0.1, 0.15) is 12.8 Å². The zero-order valence-electron chi connectivity index (χ0n) is 7.16. The summed E-state index contributed by atoms with van der Waals surface area (Å²) in [6, 6.07) is 0. The molecule has 12 heavy (non-hydrogen) atoms. The van der Waals surface area contributed by atoms with Gasteiger partial charge in [0.05, 0.1) is 6.61 Å². The number of nitrogens with two attached hydrogens (primary N) is 1. The van der Waals surface area contributed by atoms with Crippen LogP contribution in [0.15, 0.2) is 35.5 Å². The smallest absolute Gasteiger partial charge is 0.0681 e. The number of rotatable bonds is 3. The molecule has 0 bridgehead atoms. The number of aliphatic hydroxyl groups excluding tert-OH is 1. The van der Waals surface area contributed by atoms with Crippen LogP contribution in [0.25, 0.3) is 0 Å². The predicted octanol–water partition coefficient (Wildman–Crippen LogP) is 1.14. The third kappa shape index (κ3) is 2.64. The van der Waals surface area contributed by atoms with Gasteiger partial charge in [0.1, 0.15) is 0 Å². The highest BCUT2D eigenvalue weighted by molar-refractivity contribution is 5.32. The lowest BCUT2D eigenvalue weighted by molar-refractivity contribution is 0.335. The van der Waals surface area contributed by atoms with Crippen LogP contribution >= 0.6 is 0 Å². The topological polar surface area (TPSA) is 46.2 Å². The van der Waals surface area contributed by atoms with Crippen molar-refractivity contribution in [1.29, 1.82) is 0 Å². The number of hydrogen-bond donors (Lipinski definition) is 2. The van der Waals surface area contributed by atoms with Crippen molar-refractivity contribution in [3.63, 3.8) is 0 Å². The Balaban J connectivity index is 2.68. The zero-order chi connectivity index (χ0) is 8.81. The van der Waals surface area contributed by atoms with Crippen molar-refractivity contribution in [1.82, 2.24) is 0 Å². The minimum atomic E-state index is 0.110. The lowest BCUT2D eigenvalue weighted by Gasteiger charge is -2.01. The normalized spacial score (nSPS) is 16.8. The fourth-order valence-corrected chi connectivity index (χ4v) is 1.24. The summed E-state index contributed by atoms with van der Waals surface area (Å²) in [5.74, 6) is 0. The Morgan fingerprint density at radius 1 is 1.50 bits per heavy atom. The molecule has 1 aliphatic rings. The molecular formula is C10H15NO. The van der Waals surface area contributed by atoms with Gasteiger partial charge in [0, 0.05) is 0 Å². The quantitative estimate of drug-likeness (QED) is 0.658. The van der Waals surface area contributed by atoms with Crippen LogP contribution in [0.5, 0.6) is 0 Å². The molecule has 0 spiro atoms. The van der Waals surface area contributed by atoms with Crippen LogP contribution in [-0.4, -0.2) is 18.3 Å². The first-order valence-corrected chi connectivity index (χ1v) is 4.23. The number of hydrogen-bond acceptors (Lipinski definition) is 2. The average molecular weight is 165 g/mol. The molecule has 0 aromatic rings. The SMILES string of the molecule is NCCC1=CC(CO)=CC=CC1. The van der Waals surface area contributed by atoms with Gasteiger partial charge in [-0.25, -0.2) is 0 Å². The molecule has 0 aromatic heterocycles. The molecule has 0 aromatic carbocycles. The van der Waals surface area contributed by atoms with Crippen molar-refractivity contribution in [3.05, 3.63) is 35.5 Å². The molecule has 1 rings (SSSR count). The third-order valence-electron chi connectivity index (χ3n) is 1.86. The van der Waals surface area contributed by atoms with Crippen molar-refractivity contribution < 1.29 is 5.11 Å². The van der Waals surface area contributed by atoms with Crippen molar-refractivity contribution >= 4 is 0 Å². The Labute approximate surface area is 73.1 Å². The van der Waals surface area contributed by atoms with Gasteiger partial charge in [-0.2, -0.15) is 0 Å². The number of aliphatic hydroxyl groups is 1. The van der Waals surface area contributed by atoms with Crippen molar-refractivity contribution in [2.24, 2.45) is 5.73 Å². The largest absolute Gasteiger partial charge is 0.392 e. The van der Waals surface area contributed by atoms with Gasteiger partial charge in [-0.3, -0.25) is 0 Å². The molecule has 0 aliphatic heterocycles. The van der Waals surface area contributed by atoms with Gasteiger partial charge >= 0.3 is 0 Å². The zero-order valence-corrected chi connectivity index (χ0v) is 7.16. The fourth-order valence-electron chi connectivity index (χ4n) is 1.24. The van der Waals surface area contributed by atoms with E-state index < -0.39 is 0 Å². The minimum Gasteiger partial charge on any atom is -0.392 e. The molecule has 2 nitrogen and oxygen atoms in total. The summed E-state index contributed by atoms with van der Waals surface area (Å²) < 4.78 is 0. The van der Waals surface area contributed by atoms with E-state index >= 15 is 0 Å². The Bertz CT molecular complexity index is 226. The molecule has 0 radical (unpaired) electrons. The van der Waals surface area contributed by atoms with Gasteiger partial charge in [-0.1, -0.05) is 29.9 Å².